The Morgan fingerprint density at radius 1 is 1.53 bits per heavy atom. The summed E-state index contributed by atoms with van der Waals surface area (Å²) in [6, 6.07) is -1.00. The molecule has 1 aromatic rings. The van der Waals surface area contributed by atoms with E-state index >= 15 is 0 Å². The summed E-state index contributed by atoms with van der Waals surface area (Å²) in [6.45, 7) is 6.03. The van der Waals surface area contributed by atoms with Crippen LogP contribution in [0, 0.1) is 5.41 Å². The van der Waals surface area contributed by atoms with Gasteiger partial charge in [-0.1, -0.05) is 26.0 Å². The minimum Gasteiger partial charge on any atom is -0.480 e. The zero-order valence-corrected chi connectivity index (χ0v) is 11.3. The number of aromatic nitrogens is 3. The van der Waals surface area contributed by atoms with Gasteiger partial charge in [-0.05, 0) is 5.41 Å². The SMILES string of the molecule is CC(C)(C)C(NC(=O)c1cn(CCN)nn1)C(=O)O. The lowest BCUT2D eigenvalue weighted by atomic mass is 9.87. The molecule has 1 aromatic heterocycles. The van der Waals surface area contributed by atoms with E-state index in [1.54, 1.807) is 20.8 Å². The molecule has 1 unspecified atom stereocenters. The van der Waals surface area contributed by atoms with Crippen LogP contribution in [-0.2, 0) is 11.3 Å². The Hall–Kier alpha value is -1.96. The monoisotopic (exact) mass is 269 g/mol. The second kappa shape index (κ2) is 5.79. The van der Waals surface area contributed by atoms with Gasteiger partial charge in [0, 0.05) is 6.54 Å². The molecular formula is C11H19N5O3. The molecule has 1 atom stereocenters. The van der Waals surface area contributed by atoms with Crippen LogP contribution in [0.4, 0.5) is 0 Å². The molecule has 0 aliphatic carbocycles. The molecule has 0 saturated heterocycles. The third-order valence-corrected chi connectivity index (χ3v) is 2.52. The average molecular weight is 269 g/mol. The molecule has 0 aromatic carbocycles. The number of carboxylic acid groups (broad SMARTS) is 1. The molecule has 8 nitrogen and oxygen atoms in total. The number of carboxylic acids is 1. The molecule has 19 heavy (non-hydrogen) atoms. The van der Waals surface area contributed by atoms with Crippen molar-refractivity contribution in [2.75, 3.05) is 6.54 Å². The maximum absolute atomic E-state index is 11.9. The lowest BCUT2D eigenvalue weighted by molar-refractivity contribution is -0.142. The summed E-state index contributed by atoms with van der Waals surface area (Å²) in [4.78, 5) is 23.1. The first kappa shape index (κ1) is 15.1. The van der Waals surface area contributed by atoms with Crippen LogP contribution in [0.25, 0.3) is 0 Å². The fraction of sp³-hybridized carbons (Fsp3) is 0.636. The maximum atomic E-state index is 11.9. The predicted molar refractivity (Wildman–Crippen MR) is 67.4 cm³/mol. The van der Waals surface area contributed by atoms with Crippen molar-refractivity contribution < 1.29 is 14.7 Å². The Bertz CT molecular complexity index is 463. The second-order valence-corrected chi connectivity index (χ2v) is 5.27. The maximum Gasteiger partial charge on any atom is 0.326 e. The number of rotatable bonds is 5. The summed E-state index contributed by atoms with van der Waals surface area (Å²) in [5.74, 6) is -1.65. The van der Waals surface area contributed by atoms with Crippen molar-refractivity contribution in [1.82, 2.24) is 20.3 Å². The summed E-state index contributed by atoms with van der Waals surface area (Å²) in [6.07, 6.45) is 1.43. The van der Waals surface area contributed by atoms with Crippen molar-refractivity contribution in [1.29, 1.82) is 0 Å². The molecule has 0 bridgehead atoms. The summed E-state index contributed by atoms with van der Waals surface area (Å²) in [5, 5.41) is 19.0. The summed E-state index contributed by atoms with van der Waals surface area (Å²) < 4.78 is 1.43. The predicted octanol–water partition coefficient (Wildman–Crippen LogP) is -0.534. The van der Waals surface area contributed by atoms with Crippen LogP contribution < -0.4 is 11.1 Å². The van der Waals surface area contributed by atoms with E-state index in [0.717, 1.165) is 0 Å². The smallest absolute Gasteiger partial charge is 0.326 e. The third kappa shape index (κ3) is 4.02. The van der Waals surface area contributed by atoms with E-state index in [4.69, 9.17) is 10.8 Å². The standard InChI is InChI=1S/C11H19N5O3/c1-11(2,3)8(10(18)19)13-9(17)7-6-16(5-4-12)15-14-7/h6,8H,4-5,12H2,1-3H3,(H,13,17)(H,18,19). The number of nitrogens with one attached hydrogen (secondary N) is 1. The number of hydrogen-bond donors (Lipinski definition) is 3. The molecule has 0 saturated carbocycles. The quantitative estimate of drug-likeness (QED) is 0.660. The van der Waals surface area contributed by atoms with E-state index in [1.165, 1.54) is 10.9 Å². The van der Waals surface area contributed by atoms with Gasteiger partial charge in [-0.25, -0.2) is 4.79 Å². The first-order valence-corrected chi connectivity index (χ1v) is 5.89. The van der Waals surface area contributed by atoms with Crippen molar-refractivity contribution in [3.8, 4) is 0 Å². The number of carbonyl (C=O) groups is 2. The van der Waals surface area contributed by atoms with Crippen molar-refractivity contribution >= 4 is 11.9 Å². The highest BCUT2D eigenvalue weighted by Gasteiger charge is 2.33. The molecule has 1 heterocycles. The van der Waals surface area contributed by atoms with Crippen LogP contribution in [-0.4, -0.2) is 44.6 Å². The van der Waals surface area contributed by atoms with Crippen molar-refractivity contribution in [3.05, 3.63) is 11.9 Å². The van der Waals surface area contributed by atoms with Crippen molar-refractivity contribution in [3.63, 3.8) is 0 Å². The van der Waals surface area contributed by atoms with Crippen LogP contribution in [0.3, 0.4) is 0 Å². The molecule has 0 spiro atoms. The van der Waals surface area contributed by atoms with E-state index in [-0.39, 0.29) is 5.69 Å². The minimum atomic E-state index is -1.09. The van der Waals surface area contributed by atoms with E-state index in [2.05, 4.69) is 15.6 Å². The number of nitrogens with zero attached hydrogens (tertiary/aromatic N) is 3. The van der Waals surface area contributed by atoms with Gasteiger partial charge in [0.2, 0.25) is 0 Å². The van der Waals surface area contributed by atoms with E-state index in [0.29, 0.717) is 13.1 Å². The first-order valence-electron chi connectivity index (χ1n) is 5.89. The van der Waals surface area contributed by atoms with Gasteiger partial charge in [0.05, 0.1) is 12.7 Å². The molecule has 4 N–H and O–H groups in total. The third-order valence-electron chi connectivity index (χ3n) is 2.52. The Kier molecular flexibility index (Phi) is 4.60. The molecule has 106 valence electrons. The summed E-state index contributed by atoms with van der Waals surface area (Å²) >= 11 is 0. The van der Waals surface area contributed by atoms with Crippen LogP contribution in [0.1, 0.15) is 31.3 Å². The Labute approximate surface area is 111 Å². The van der Waals surface area contributed by atoms with Crippen molar-refractivity contribution in [2.45, 2.75) is 33.4 Å². The fourth-order valence-corrected chi connectivity index (χ4v) is 1.50. The number of carbonyl (C=O) groups excluding carboxylic acids is 1. The van der Waals surface area contributed by atoms with Gasteiger partial charge in [-0.3, -0.25) is 9.48 Å². The van der Waals surface area contributed by atoms with Crippen LogP contribution in [0.2, 0.25) is 0 Å². The zero-order chi connectivity index (χ0) is 14.6. The molecular weight excluding hydrogens is 250 g/mol. The Balaban J connectivity index is 2.79. The number of hydrogen-bond acceptors (Lipinski definition) is 5. The summed E-state index contributed by atoms with van der Waals surface area (Å²) in [5.41, 5.74) is 4.83. The highest BCUT2D eigenvalue weighted by atomic mass is 16.4. The highest BCUT2D eigenvalue weighted by molar-refractivity contribution is 5.94. The van der Waals surface area contributed by atoms with Crippen molar-refractivity contribution in [2.24, 2.45) is 11.1 Å². The molecule has 0 aliphatic heterocycles. The Morgan fingerprint density at radius 3 is 2.63 bits per heavy atom. The van der Waals surface area contributed by atoms with E-state index < -0.39 is 23.3 Å². The average Bonchev–Trinajstić information content (AvgIpc) is 2.72. The topological polar surface area (TPSA) is 123 Å². The lowest BCUT2D eigenvalue weighted by Crippen LogP contribution is -2.49. The van der Waals surface area contributed by atoms with E-state index in [9.17, 15) is 9.59 Å². The van der Waals surface area contributed by atoms with Gasteiger partial charge in [-0.15, -0.1) is 5.10 Å². The molecule has 1 amide bonds. The summed E-state index contributed by atoms with van der Waals surface area (Å²) in [7, 11) is 0. The van der Waals surface area contributed by atoms with Crippen LogP contribution in [0.15, 0.2) is 6.20 Å². The molecule has 8 heteroatoms. The second-order valence-electron chi connectivity index (χ2n) is 5.27. The zero-order valence-electron chi connectivity index (χ0n) is 11.3. The highest BCUT2D eigenvalue weighted by Crippen LogP contribution is 2.19. The first-order chi connectivity index (χ1) is 8.75. The fourth-order valence-electron chi connectivity index (χ4n) is 1.50. The number of amides is 1. The van der Waals surface area contributed by atoms with Gasteiger partial charge in [0.1, 0.15) is 6.04 Å². The van der Waals surface area contributed by atoms with Crippen LogP contribution in [0.5, 0.6) is 0 Å². The molecule has 0 fully saturated rings. The van der Waals surface area contributed by atoms with Crippen LogP contribution >= 0.6 is 0 Å². The lowest BCUT2D eigenvalue weighted by Gasteiger charge is -2.27. The number of aliphatic carboxylic acids is 1. The minimum absolute atomic E-state index is 0.0731. The van der Waals surface area contributed by atoms with E-state index in [1.807, 2.05) is 0 Å². The van der Waals surface area contributed by atoms with Gasteiger partial charge in [0.15, 0.2) is 5.69 Å². The normalized spacial score (nSPS) is 13.1. The molecule has 0 aliphatic rings. The van der Waals surface area contributed by atoms with Gasteiger partial charge < -0.3 is 16.2 Å². The van der Waals surface area contributed by atoms with Gasteiger partial charge in [-0.2, -0.15) is 0 Å². The largest absolute Gasteiger partial charge is 0.480 e. The molecule has 0 radical (unpaired) electrons. The number of nitrogens with two attached hydrogens (primary N) is 1. The van der Waals surface area contributed by atoms with Gasteiger partial charge >= 0.3 is 5.97 Å². The molecule has 1 rings (SSSR count). The Morgan fingerprint density at radius 2 is 2.16 bits per heavy atom. The van der Waals surface area contributed by atoms with Gasteiger partial charge in [0.25, 0.3) is 5.91 Å².